The number of allylic oxidation sites excluding steroid dienone is 2. The molecule has 4 nitrogen and oxygen atoms in total. The summed E-state index contributed by atoms with van der Waals surface area (Å²) >= 11 is 0. The summed E-state index contributed by atoms with van der Waals surface area (Å²) in [6.07, 6.45) is 2.17. The van der Waals surface area contributed by atoms with Crippen LogP contribution in [0.1, 0.15) is 26.2 Å². The lowest BCUT2D eigenvalue weighted by atomic mass is 9.75. The topological polar surface area (TPSA) is 63.2 Å². The number of hydrogen-bond acceptors (Lipinski definition) is 3. The molecule has 0 spiro atoms. The monoisotopic (exact) mass is 239 g/mol. The second-order valence-electron chi connectivity index (χ2n) is 4.66. The van der Waals surface area contributed by atoms with Crippen LogP contribution in [0.2, 0.25) is 0 Å². The molecule has 1 aliphatic carbocycles. The van der Waals surface area contributed by atoms with E-state index in [0.29, 0.717) is 6.42 Å². The van der Waals surface area contributed by atoms with Gasteiger partial charge in [0, 0.05) is 12.3 Å². The van der Waals surface area contributed by atoms with E-state index in [4.69, 9.17) is 0 Å². The fraction of sp³-hybridized carbons (Fsp3) is 0.583. The van der Waals surface area contributed by atoms with Gasteiger partial charge in [-0.3, -0.25) is 19.7 Å². The first-order valence-corrected chi connectivity index (χ1v) is 5.73. The molecular formula is C12H14FNO3. The fourth-order valence-corrected chi connectivity index (χ4v) is 2.39. The van der Waals surface area contributed by atoms with Crippen LogP contribution in [-0.2, 0) is 14.4 Å². The molecule has 0 aromatic rings. The molecule has 3 atom stereocenters. The third-order valence-corrected chi connectivity index (χ3v) is 3.44. The van der Waals surface area contributed by atoms with Crippen LogP contribution < -0.4 is 5.32 Å². The van der Waals surface area contributed by atoms with Gasteiger partial charge in [0.25, 0.3) is 0 Å². The van der Waals surface area contributed by atoms with Crippen LogP contribution in [0.25, 0.3) is 0 Å². The molecule has 2 aliphatic rings. The number of rotatable bonds is 1. The Balaban J connectivity index is 2.23. The number of nitrogens with one attached hydrogen (secondary N) is 1. The van der Waals surface area contributed by atoms with E-state index < -0.39 is 23.6 Å². The molecule has 17 heavy (non-hydrogen) atoms. The van der Waals surface area contributed by atoms with Crippen molar-refractivity contribution in [3.63, 3.8) is 0 Å². The molecule has 0 aromatic heterocycles. The van der Waals surface area contributed by atoms with E-state index in [1.807, 2.05) is 0 Å². The van der Waals surface area contributed by atoms with Crippen LogP contribution in [-0.4, -0.2) is 17.6 Å². The lowest BCUT2D eigenvalue weighted by molar-refractivity contribution is -0.142. The first-order valence-electron chi connectivity index (χ1n) is 5.73. The summed E-state index contributed by atoms with van der Waals surface area (Å²) in [4.78, 5) is 34.5. The lowest BCUT2D eigenvalue weighted by Gasteiger charge is -2.30. The molecule has 1 fully saturated rings. The third-order valence-electron chi connectivity index (χ3n) is 3.44. The van der Waals surface area contributed by atoms with Crippen molar-refractivity contribution in [1.82, 2.24) is 5.32 Å². The Morgan fingerprint density at radius 2 is 2.06 bits per heavy atom. The van der Waals surface area contributed by atoms with Gasteiger partial charge in [-0.05, 0) is 12.8 Å². The number of halogens is 1. The Bertz CT molecular complexity index is 416. The molecule has 0 saturated carbocycles. The molecule has 1 saturated heterocycles. The molecule has 1 heterocycles. The summed E-state index contributed by atoms with van der Waals surface area (Å²) in [6.45, 7) is 1.73. The van der Waals surface area contributed by atoms with E-state index in [9.17, 15) is 18.8 Å². The van der Waals surface area contributed by atoms with E-state index in [2.05, 4.69) is 5.32 Å². The second-order valence-corrected chi connectivity index (χ2v) is 4.66. The largest absolute Gasteiger partial charge is 0.299 e. The van der Waals surface area contributed by atoms with Crippen LogP contribution in [0.3, 0.4) is 0 Å². The van der Waals surface area contributed by atoms with Gasteiger partial charge >= 0.3 is 0 Å². The molecule has 0 aromatic carbocycles. The van der Waals surface area contributed by atoms with Crippen molar-refractivity contribution in [2.75, 3.05) is 0 Å². The third kappa shape index (κ3) is 2.14. The molecule has 0 radical (unpaired) electrons. The fourth-order valence-electron chi connectivity index (χ4n) is 2.39. The molecule has 3 unspecified atom stereocenters. The van der Waals surface area contributed by atoms with E-state index in [1.54, 1.807) is 6.92 Å². The predicted octanol–water partition coefficient (Wildman–Crippen LogP) is 1.12. The highest BCUT2D eigenvalue weighted by Crippen LogP contribution is 2.35. The van der Waals surface area contributed by atoms with E-state index in [-0.39, 0.29) is 30.4 Å². The summed E-state index contributed by atoms with van der Waals surface area (Å²) in [7, 11) is 0. The number of Topliss-reactive ketones (excluding diaryl/α,β-unsaturated/α-hetero) is 1. The lowest BCUT2D eigenvalue weighted by Crippen LogP contribution is -2.47. The zero-order chi connectivity index (χ0) is 12.6. The molecule has 1 aliphatic heterocycles. The molecular weight excluding hydrogens is 225 g/mol. The van der Waals surface area contributed by atoms with Gasteiger partial charge in [0.1, 0.15) is 11.6 Å². The molecule has 1 N–H and O–H groups in total. The average Bonchev–Trinajstić information content (AvgIpc) is 2.27. The highest BCUT2D eigenvalue weighted by atomic mass is 19.1. The SMILES string of the molecule is CC1CC=C(F)C(C2CCC(=O)NC2=O)C1=O. The van der Waals surface area contributed by atoms with Crippen molar-refractivity contribution < 1.29 is 18.8 Å². The van der Waals surface area contributed by atoms with Crippen molar-refractivity contribution in [3.8, 4) is 0 Å². The maximum atomic E-state index is 13.7. The number of ketones is 1. The molecule has 0 bridgehead atoms. The highest BCUT2D eigenvalue weighted by Gasteiger charge is 2.42. The Morgan fingerprint density at radius 1 is 1.35 bits per heavy atom. The standard InChI is InChI=1S/C12H14FNO3/c1-6-2-4-8(13)10(11(6)16)7-3-5-9(15)14-12(7)17/h4,6-7,10H,2-3,5H2,1H3,(H,14,15,17). The highest BCUT2D eigenvalue weighted by molar-refractivity contribution is 6.01. The number of carbonyl (C=O) groups is 3. The Hall–Kier alpha value is -1.52. The van der Waals surface area contributed by atoms with Crippen LogP contribution in [0, 0.1) is 17.8 Å². The van der Waals surface area contributed by atoms with Gasteiger partial charge in [-0.2, -0.15) is 0 Å². The quantitative estimate of drug-likeness (QED) is 0.697. The van der Waals surface area contributed by atoms with Crippen molar-refractivity contribution in [2.45, 2.75) is 26.2 Å². The Labute approximate surface area is 98.3 Å². The normalized spacial score (nSPS) is 34.4. The van der Waals surface area contributed by atoms with Crippen molar-refractivity contribution >= 4 is 17.6 Å². The maximum absolute atomic E-state index is 13.7. The van der Waals surface area contributed by atoms with E-state index in [1.165, 1.54) is 6.08 Å². The van der Waals surface area contributed by atoms with Crippen molar-refractivity contribution in [1.29, 1.82) is 0 Å². The molecule has 92 valence electrons. The minimum atomic E-state index is -0.994. The van der Waals surface area contributed by atoms with Crippen LogP contribution in [0.15, 0.2) is 11.9 Å². The number of hydrogen-bond donors (Lipinski definition) is 1. The minimum Gasteiger partial charge on any atom is -0.299 e. The summed E-state index contributed by atoms with van der Waals surface area (Å²) in [5.41, 5.74) is 0. The zero-order valence-corrected chi connectivity index (χ0v) is 9.53. The summed E-state index contributed by atoms with van der Waals surface area (Å²) in [5, 5.41) is 2.16. The zero-order valence-electron chi connectivity index (χ0n) is 9.53. The first kappa shape index (κ1) is 12.0. The van der Waals surface area contributed by atoms with Gasteiger partial charge < -0.3 is 0 Å². The number of carbonyl (C=O) groups excluding carboxylic acids is 3. The van der Waals surface area contributed by atoms with Gasteiger partial charge in [0.15, 0.2) is 0 Å². The summed E-state index contributed by atoms with van der Waals surface area (Å²) in [6, 6.07) is 0. The van der Waals surface area contributed by atoms with Gasteiger partial charge in [-0.25, -0.2) is 4.39 Å². The van der Waals surface area contributed by atoms with Crippen molar-refractivity contribution in [3.05, 3.63) is 11.9 Å². The Kier molecular flexibility index (Phi) is 3.09. The molecule has 5 heteroatoms. The number of imide groups is 1. The van der Waals surface area contributed by atoms with Crippen LogP contribution in [0.5, 0.6) is 0 Å². The molecule has 2 rings (SSSR count). The van der Waals surface area contributed by atoms with Gasteiger partial charge in [-0.1, -0.05) is 13.0 Å². The summed E-state index contributed by atoms with van der Waals surface area (Å²) < 4.78 is 13.7. The Morgan fingerprint density at radius 3 is 2.71 bits per heavy atom. The van der Waals surface area contributed by atoms with Crippen LogP contribution >= 0.6 is 0 Å². The minimum absolute atomic E-state index is 0.168. The first-order chi connectivity index (χ1) is 8.00. The number of amides is 2. The van der Waals surface area contributed by atoms with E-state index in [0.717, 1.165) is 0 Å². The van der Waals surface area contributed by atoms with E-state index >= 15 is 0 Å². The summed E-state index contributed by atoms with van der Waals surface area (Å²) in [5.74, 6) is -3.64. The average molecular weight is 239 g/mol. The second kappa shape index (κ2) is 4.39. The van der Waals surface area contributed by atoms with Crippen molar-refractivity contribution in [2.24, 2.45) is 17.8 Å². The number of piperidine rings is 1. The van der Waals surface area contributed by atoms with Crippen LogP contribution in [0.4, 0.5) is 4.39 Å². The molecule has 2 amide bonds. The van der Waals surface area contributed by atoms with Gasteiger partial charge in [0.2, 0.25) is 11.8 Å². The van der Waals surface area contributed by atoms with Gasteiger partial charge in [-0.15, -0.1) is 0 Å². The maximum Gasteiger partial charge on any atom is 0.230 e. The predicted molar refractivity (Wildman–Crippen MR) is 57.3 cm³/mol. The smallest absolute Gasteiger partial charge is 0.230 e. The van der Waals surface area contributed by atoms with Gasteiger partial charge in [0.05, 0.1) is 11.8 Å².